The minimum atomic E-state index is -0.757. The number of rotatable bonds is 4. The lowest BCUT2D eigenvalue weighted by Crippen LogP contribution is -2.58. The first kappa shape index (κ1) is 14.0. The number of hydrogen-bond acceptors (Lipinski definition) is 4. The number of carbonyl (C=O) groups excluding carboxylic acids is 3. The van der Waals surface area contributed by atoms with Crippen molar-refractivity contribution in [1.82, 2.24) is 10.2 Å². The quantitative estimate of drug-likeness (QED) is 0.569. The van der Waals surface area contributed by atoms with Crippen molar-refractivity contribution in [1.29, 1.82) is 0 Å². The SMILES string of the molecule is CCOC(=O)CC1C(=O)NCCN1C(=O)CBr. The van der Waals surface area contributed by atoms with E-state index < -0.39 is 12.0 Å². The number of piperazine rings is 1. The van der Waals surface area contributed by atoms with E-state index in [1.807, 2.05) is 0 Å². The van der Waals surface area contributed by atoms with E-state index in [1.165, 1.54) is 4.90 Å². The van der Waals surface area contributed by atoms with E-state index in [1.54, 1.807) is 6.92 Å². The fourth-order valence-corrected chi connectivity index (χ4v) is 1.99. The first-order valence-electron chi connectivity index (χ1n) is 5.39. The maximum atomic E-state index is 11.6. The van der Waals surface area contributed by atoms with Gasteiger partial charge in [0.2, 0.25) is 11.8 Å². The second-order valence-electron chi connectivity index (χ2n) is 3.54. The molecule has 1 heterocycles. The molecule has 0 saturated carbocycles. The van der Waals surface area contributed by atoms with E-state index in [4.69, 9.17) is 4.74 Å². The number of esters is 1. The number of nitrogens with one attached hydrogen (secondary N) is 1. The maximum absolute atomic E-state index is 11.6. The summed E-state index contributed by atoms with van der Waals surface area (Å²) in [5, 5.41) is 2.77. The first-order chi connectivity index (χ1) is 8.10. The van der Waals surface area contributed by atoms with Gasteiger partial charge in [-0.25, -0.2) is 0 Å². The van der Waals surface area contributed by atoms with Crippen LogP contribution in [-0.2, 0) is 19.1 Å². The Labute approximate surface area is 108 Å². The molecule has 1 unspecified atom stereocenters. The van der Waals surface area contributed by atoms with Gasteiger partial charge in [-0.1, -0.05) is 15.9 Å². The van der Waals surface area contributed by atoms with E-state index in [0.29, 0.717) is 13.1 Å². The van der Waals surface area contributed by atoms with Crippen molar-refractivity contribution in [3.05, 3.63) is 0 Å². The predicted molar refractivity (Wildman–Crippen MR) is 63.6 cm³/mol. The van der Waals surface area contributed by atoms with Crippen molar-refractivity contribution in [3.63, 3.8) is 0 Å². The van der Waals surface area contributed by atoms with E-state index in [-0.39, 0.29) is 30.2 Å². The molecule has 1 aliphatic rings. The second kappa shape index (κ2) is 6.58. The molecule has 0 aromatic rings. The van der Waals surface area contributed by atoms with Crippen LogP contribution in [0.3, 0.4) is 0 Å². The average molecular weight is 307 g/mol. The first-order valence-corrected chi connectivity index (χ1v) is 6.51. The fraction of sp³-hybridized carbons (Fsp3) is 0.700. The van der Waals surface area contributed by atoms with E-state index >= 15 is 0 Å². The van der Waals surface area contributed by atoms with Crippen molar-refractivity contribution in [3.8, 4) is 0 Å². The van der Waals surface area contributed by atoms with Crippen molar-refractivity contribution < 1.29 is 19.1 Å². The van der Waals surface area contributed by atoms with E-state index in [0.717, 1.165) is 0 Å². The third-order valence-electron chi connectivity index (χ3n) is 2.43. The maximum Gasteiger partial charge on any atom is 0.308 e. The molecular formula is C10H15BrN2O4. The van der Waals surface area contributed by atoms with Gasteiger partial charge in [0.25, 0.3) is 0 Å². The highest BCUT2D eigenvalue weighted by atomic mass is 79.9. The van der Waals surface area contributed by atoms with Crippen LogP contribution in [0.4, 0.5) is 0 Å². The summed E-state index contributed by atoms with van der Waals surface area (Å²) < 4.78 is 4.79. The number of amides is 2. The summed E-state index contributed by atoms with van der Waals surface area (Å²) in [5.74, 6) is -0.977. The summed E-state index contributed by atoms with van der Waals surface area (Å²) in [6, 6.07) is -0.757. The zero-order chi connectivity index (χ0) is 12.8. The Hall–Kier alpha value is -1.11. The number of carbonyl (C=O) groups is 3. The van der Waals surface area contributed by atoms with Gasteiger partial charge >= 0.3 is 5.97 Å². The Bertz CT molecular complexity index is 321. The fourth-order valence-electron chi connectivity index (χ4n) is 1.67. The normalized spacial score (nSPS) is 19.8. The highest BCUT2D eigenvalue weighted by Gasteiger charge is 2.34. The number of ether oxygens (including phenoxy) is 1. The Morgan fingerprint density at radius 2 is 2.29 bits per heavy atom. The van der Waals surface area contributed by atoms with Gasteiger partial charge < -0.3 is 15.0 Å². The van der Waals surface area contributed by atoms with E-state index in [9.17, 15) is 14.4 Å². The number of halogens is 1. The minimum Gasteiger partial charge on any atom is -0.466 e. The lowest BCUT2D eigenvalue weighted by molar-refractivity contribution is -0.150. The van der Waals surface area contributed by atoms with Gasteiger partial charge in [-0.3, -0.25) is 14.4 Å². The van der Waals surface area contributed by atoms with Crippen molar-refractivity contribution >= 4 is 33.7 Å². The molecule has 0 aliphatic carbocycles. The van der Waals surface area contributed by atoms with Gasteiger partial charge in [0.05, 0.1) is 18.4 Å². The van der Waals surface area contributed by atoms with Crippen LogP contribution < -0.4 is 5.32 Å². The highest BCUT2D eigenvalue weighted by molar-refractivity contribution is 9.09. The van der Waals surface area contributed by atoms with Crippen LogP contribution in [0.15, 0.2) is 0 Å². The van der Waals surface area contributed by atoms with Crippen LogP contribution in [0.2, 0.25) is 0 Å². The molecule has 1 saturated heterocycles. The Morgan fingerprint density at radius 1 is 1.59 bits per heavy atom. The lowest BCUT2D eigenvalue weighted by Gasteiger charge is -2.34. The molecule has 1 rings (SSSR count). The predicted octanol–water partition coefficient (Wildman–Crippen LogP) is -0.338. The minimum absolute atomic E-state index is 0.0988. The monoisotopic (exact) mass is 306 g/mol. The molecule has 1 fully saturated rings. The van der Waals surface area contributed by atoms with Gasteiger partial charge in [0.15, 0.2) is 0 Å². The average Bonchev–Trinajstić information content (AvgIpc) is 2.31. The molecule has 96 valence electrons. The largest absolute Gasteiger partial charge is 0.466 e. The summed E-state index contributed by atoms with van der Waals surface area (Å²) in [5.41, 5.74) is 0. The number of hydrogen-bond donors (Lipinski definition) is 1. The van der Waals surface area contributed by atoms with Gasteiger partial charge in [0, 0.05) is 13.1 Å². The van der Waals surface area contributed by atoms with Crippen LogP contribution >= 0.6 is 15.9 Å². The number of alkyl halides is 1. The molecule has 1 aliphatic heterocycles. The van der Waals surface area contributed by atoms with Crippen LogP contribution in [-0.4, -0.2) is 53.8 Å². The lowest BCUT2D eigenvalue weighted by atomic mass is 10.1. The number of nitrogens with zero attached hydrogens (tertiary/aromatic N) is 1. The molecule has 17 heavy (non-hydrogen) atoms. The topological polar surface area (TPSA) is 75.7 Å². The molecule has 1 atom stereocenters. The molecular weight excluding hydrogens is 292 g/mol. The highest BCUT2D eigenvalue weighted by Crippen LogP contribution is 2.11. The molecule has 0 aromatic carbocycles. The molecule has 6 nitrogen and oxygen atoms in total. The molecule has 0 aromatic heterocycles. The molecule has 0 spiro atoms. The van der Waals surface area contributed by atoms with Crippen LogP contribution in [0.5, 0.6) is 0 Å². The zero-order valence-corrected chi connectivity index (χ0v) is 11.2. The molecule has 1 N–H and O–H groups in total. The Morgan fingerprint density at radius 3 is 2.88 bits per heavy atom. The van der Waals surface area contributed by atoms with Gasteiger partial charge in [-0.05, 0) is 6.92 Å². The third-order valence-corrected chi connectivity index (χ3v) is 2.91. The summed E-state index contributed by atoms with van der Waals surface area (Å²) in [4.78, 5) is 36.0. The molecule has 7 heteroatoms. The molecule has 0 radical (unpaired) electrons. The third kappa shape index (κ3) is 3.69. The van der Waals surface area contributed by atoms with E-state index in [2.05, 4.69) is 21.2 Å². The Kier molecular flexibility index (Phi) is 5.40. The summed E-state index contributed by atoms with van der Waals surface area (Å²) in [6.07, 6.45) is -0.0988. The van der Waals surface area contributed by atoms with Gasteiger partial charge in [0.1, 0.15) is 6.04 Å². The van der Waals surface area contributed by atoms with Gasteiger partial charge in [-0.2, -0.15) is 0 Å². The summed E-state index contributed by atoms with van der Waals surface area (Å²) in [7, 11) is 0. The smallest absolute Gasteiger partial charge is 0.308 e. The van der Waals surface area contributed by atoms with Crippen LogP contribution in [0.25, 0.3) is 0 Å². The second-order valence-corrected chi connectivity index (χ2v) is 4.10. The van der Waals surface area contributed by atoms with Crippen LogP contribution in [0.1, 0.15) is 13.3 Å². The molecule has 0 bridgehead atoms. The van der Waals surface area contributed by atoms with Crippen LogP contribution in [0, 0.1) is 0 Å². The molecule has 2 amide bonds. The zero-order valence-electron chi connectivity index (χ0n) is 9.57. The summed E-state index contributed by atoms with van der Waals surface area (Å²) in [6.45, 7) is 2.79. The Balaban J connectivity index is 2.70. The standard InChI is InChI=1S/C10H15BrN2O4/c1-2-17-9(15)5-7-10(16)12-3-4-13(7)8(14)6-11/h7H,2-6H2,1H3,(H,12,16). The van der Waals surface area contributed by atoms with Gasteiger partial charge in [-0.15, -0.1) is 0 Å². The van der Waals surface area contributed by atoms with Crippen molar-refractivity contribution in [2.75, 3.05) is 25.0 Å². The van der Waals surface area contributed by atoms with Crippen molar-refractivity contribution in [2.45, 2.75) is 19.4 Å². The van der Waals surface area contributed by atoms with Crippen molar-refractivity contribution in [2.24, 2.45) is 0 Å². The summed E-state index contributed by atoms with van der Waals surface area (Å²) >= 11 is 3.06.